The first-order valence-electron chi connectivity index (χ1n) is 1.98. The molecule has 0 aromatic heterocycles. The molecule has 0 aliphatic rings. The molecule has 0 saturated heterocycles. The highest BCUT2D eigenvalue weighted by molar-refractivity contribution is 9.09. The van der Waals surface area contributed by atoms with Gasteiger partial charge in [0, 0.05) is 11.8 Å². The number of rotatable bonds is 2. The lowest BCUT2D eigenvalue weighted by atomic mass is 10.5. The van der Waals surface area contributed by atoms with Crippen LogP contribution in [-0.4, -0.2) is 17.3 Å². The molecule has 0 aliphatic carbocycles. The summed E-state index contributed by atoms with van der Waals surface area (Å²) in [4.78, 5) is 22.4. The van der Waals surface area contributed by atoms with Gasteiger partial charge in [0.25, 0.3) is 5.91 Å². The maximum absolute atomic E-state index is 10.2. The third kappa shape index (κ3) is 3.71. The highest BCUT2D eigenvalue weighted by Crippen LogP contribution is 1.88. The number of carbonyl (C=O) groups is 1. The predicted molar refractivity (Wildman–Crippen MR) is 31.5 cm³/mol. The lowest BCUT2D eigenvalue weighted by molar-refractivity contribution is -0.117. The molecule has 4 heteroatoms. The second-order valence-corrected chi connectivity index (χ2v) is 1.83. The summed E-state index contributed by atoms with van der Waals surface area (Å²) in [5.74, 6) is -0.433. The molecule has 0 spiro atoms. The van der Waals surface area contributed by atoms with Crippen molar-refractivity contribution in [2.75, 3.05) is 5.33 Å². The van der Waals surface area contributed by atoms with E-state index >= 15 is 0 Å². The largest absolute Gasteiger partial charge is 0.272 e. The first-order chi connectivity index (χ1) is 3.81. The van der Waals surface area contributed by atoms with E-state index < -0.39 is 5.91 Å². The average Bonchev–Trinajstić information content (AvgIpc) is 1.68. The molecule has 0 radical (unpaired) electrons. The van der Waals surface area contributed by atoms with E-state index in [4.69, 9.17) is 0 Å². The smallest absolute Gasteiger partial charge is 0.257 e. The summed E-state index contributed by atoms with van der Waals surface area (Å²) in [7, 11) is 0. The van der Waals surface area contributed by atoms with E-state index in [9.17, 15) is 9.59 Å². The van der Waals surface area contributed by atoms with Crippen LogP contribution in [0.15, 0.2) is 4.99 Å². The van der Waals surface area contributed by atoms with Crippen molar-refractivity contribution in [1.29, 1.82) is 0 Å². The number of isocyanates is 1. The van der Waals surface area contributed by atoms with Crippen LogP contribution < -0.4 is 0 Å². The number of carbonyl (C=O) groups excluding carboxylic acids is 2. The number of alkyl halides is 1. The van der Waals surface area contributed by atoms with Gasteiger partial charge in [-0.25, -0.2) is 4.79 Å². The van der Waals surface area contributed by atoms with Crippen molar-refractivity contribution >= 4 is 27.9 Å². The van der Waals surface area contributed by atoms with Gasteiger partial charge in [0.15, 0.2) is 0 Å². The number of nitrogens with zero attached hydrogens (tertiary/aromatic N) is 1. The number of halogens is 1. The van der Waals surface area contributed by atoms with Crippen molar-refractivity contribution in [3.8, 4) is 0 Å². The number of aliphatic imine (C=N–C) groups is 1. The van der Waals surface area contributed by atoms with E-state index in [1.807, 2.05) is 0 Å². The Hall–Kier alpha value is -0.470. The van der Waals surface area contributed by atoms with E-state index in [1.165, 1.54) is 0 Å². The van der Waals surface area contributed by atoms with Crippen LogP contribution in [-0.2, 0) is 9.59 Å². The zero-order chi connectivity index (χ0) is 6.41. The fourth-order valence-corrected chi connectivity index (χ4v) is 0.527. The highest BCUT2D eigenvalue weighted by Gasteiger charge is 1.93. The summed E-state index contributed by atoms with van der Waals surface area (Å²) in [6, 6.07) is 0. The zero-order valence-electron chi connectivity index (χ0n) is 4.06. The van der Waals surface area contributed by atoms with Crippen LogP contribution in [0.25, 0.3) is 0 Å². The minimum atomic E-state index is -0.433. The van der Waals surface area contributed by atoms with Gasteiger partial charge in [0.1, 0.15) is 0 Å². The van der Waals surface area contributed by atoms with Crippen molar-refractivity contribution in [1.82, 2.24) is 0 Å². The molecule has 0 saturated carbocycles. The van der Waals surface area contributed by atoms with Crippen molar-refractivity contribution in [2.24, 2.45) is 4.99 Å². The lowest BCUT2D eigenvalue weighted by Crippen LogP contribution is -1.91. The first-order valence-corrected chi connectivity index (χ1v) is 3.10. The molecule has 0 N–H and O–H groups in total. The maximum Gasteiger partial charge on any atom is 0.257 e. The van der Waals surface area contributed by atoms with E-state index in [-0.39, 0.29) is 6.42 Å². The second kappa shape index (κ2) is 4.68. The van der Waals surface area contributed by atoms with Crippen LogP contribution in [0.2, 0.25) is 0 Å². The molecular formula is C4H4BrNO2. The number of amides is 1. The Balaban J connectivity index is 3.49. The SMILES string of the molecule is O=C=NC(=O)CCBr. The molecule has 8 heavy (non-hydrogen) atoms. The van der Waals surface area contributed by atoms with Gasteiger partial charge in [-0.15, -0.1) is 4.99 Å². The average molecular weight is 178 g/mol. The highest BCUT2D eigenvalue weighted by atomic mass is 79.9. The topological polar surface area (TPSA) is 46.5 Å². The van der Waals surface area contributed by atoms with Crippen molar-refractivity contribution < 1.29 is 9.59 Å². The molecule has 0 aromatic carbocycles. The quantitative estimate of drug-likeness (QED) is 0.353. The number of hydrogen-bond donors (Lipinski definition) is 0. The predicted octanol–water partition coefficient (Wildman–Crippen LogP) is 0.634. The van der Waals surface area contributed by atoms with Gasteiger partial charge in [-0.05, 0) is 0 Å². The Bertz CT molecular complexity index is 128. The summed E-state index contributed by atoms with van der Waals surface area (Å²) < 4.78 is 0. The van der Waals surface area contributed by atoms with Gasteiger partial charge in [0.05, 0.1) is 0 Å². The standard InChI is InChI=1S/C4H4BrNO2/c5-2-1-4(8)6-3-7/h1-2H2. The van der Waals surface area contributed by atoms with Gasteiger partial charge in [-0.3, -0.25) is 4.79 Å². The Labute approximate surface area is 54.9 Å². The second-order valence-electron chi connectivity index (χ2n) is 1.04. The Morgan fingerprint density at radius 1 is 1.75 bits per heavy atom. The molecule has 44 valence electrons. The summed E-state index contributed by atoms with van der Waals surface area (Å²) in [5, 5.41) is 0.539. The molecule has 0 aromatic rings. The van der Waals surface area contributed by atoms with Crippen molar-refractivity contribution in [3.63, 3.8) is 0 Å². The fourth-order valence-electron chi connectivity index (χ4n) is 0.188. The first kappa shape index (κ1) is 7.53. The summed E-state index contributed by atoms with van der Waals surface area (Å²) in [5.41, 5.74) is 0. The van der Waals surface area contributed by atoms with Crippen LogP contribution in [0.3, 0.4) is 0 Å². The monoisotopic (exact) mass is 177 g/mol. The Kier molecular flexibility index (Phi) is 4.41. The molecule has 0 aliphatic heterocycles. The summed E-state index contributed by atoms with van der Waals surface area (Å²) in [6.07, 6.45) is 1.42. The van der Waals surface area contributed by atoms with Crippen LogP contribution in [0.4, 0.5) is 0 Å². The van der Waals surface area contributed by atoms with Crippen LogP contribution in [0, 0.1) is 0 Å². The molecule has 1 amide bonds. The van der Waals surface area contributed by atoms with Crippen LogP contribution in [0.1, 0.15) is 6.42 Å². The van der Waals surface area contributed by atoms with E-state index in [2.05, 4.69) is 20.9 Å². The van der Waals surface area contributed by atoms with Gasteiger partial charge in [0.2, 0.25) is 6.08 Å². The molecule has 0 atom stereocenters. The minimum Gasteiger partial charge on any atom is -0.272 e. The van der Waals surface area contributed by atoms with Gasteiger partial charge in [-0.1, -0.05) is 15.9 Å². The summed E-state index contributed by atoms with van der Waals surface area (Å²) in [6.45, 7) is 0. The third-order valence-electron chi connectivity index (χ3n) is 0.479. The van der Waals surface area contributed by atoms with Crippen molar-refractivity contribution in [3.05, 3.63) is 0 Å². The third-order valence-corrected chi connectivity index (χ3v) is 0.875. The molecule has 0 heterocycles. The normalized spacial score (nSPS) is 7.62. The molecule has 0 unspecified atom stereocenters. The van der Waals surface area contributed by atoms with Crippen LogP contribution >= 0.6 is 15.9 Å². The van der Waals surface area contributed by atoms with E-state index in [0.29, 0.717) is 5.33 Å². The van der Waals surface area contributed by atoms with E-state index in [1.54, 1.807) is 0 Å². The van der Waals surface area contributed by atoms with Crippen LogP contribution in [0.5, 0.6) is 0 Å². The number of hydrogen-bond acceptors (Lipinski definition) is 2. The minimum absolute atomic E-state index is 0.259. The molecule has 0 bridgehead atoms. The van der Waals surface area contributed by atoms with Gasteiger partial charge >= 0.3 is 0 Å². The van der Waals surface area contributed by atoms with E-state index in [0.717, 1.165) is 6.08 Å². The van der Waals surface area contributed by atoms with Gasteiger partial charge in [-0.2, -0.15) is 0 Å². The Morgan fingerprint density at radius 3 is 2.75 bits per heavy atom. The molecule has 0 fully saturated rings. The molecule has 0 rings (SSSR count). The maximum atomic E-state index is 10.2. The van der Waals surface area contributed by atoms with Crippen molar-refractivity contribution in [2.45, 2.75) is 6.42 Å². The molecule has 3 nitrogen and oxygen atoms in total. The zero-order valence-corrected chi connectivity index (χ0v) is 5.64. The fraction of sp³-hybridized carbons (Fsp3) is 0.500. The molecular weight excluding hydrogens is 174 g/mol. The summed E-state index contributed by atoms with van der Waals surface area (Å²) >= 11 is 3.01. The van der Waals surface area contributed by atoms with Gasteiger partial charge < -0.3 is 0 Å². The lowest BCUT2D eigenvalue weighted by Gasteiger charge is -1.79. The Morgan fingerprint density at radius 2 is 2.38 bits per heavy atom.